The fourth-order valence-electron chi connectivity index (χ4n) is 2.59. The summed E-state index contributed by atoms with van der Waals surface area (Å²) in [7, 11) is -4.61. The number of amides is 1. The molecule has 1 atom stereocenters. The Morgan fingerprint density at radius 3 is 2.50 bits per heavy atom. The van der Waals surface area contributed by atoms with Crippen LogP contribution in [0.1, 0.15) is 15.2 Å². The van der Waals surface area contributed by atoms with Crippen LogP contribution in [0.5, 0.6) is 0 Å². The summed E-state index contributed by atoms with van der Waals surface area (Å²) < 4.78 is 16.6. The molecule has 0 radical (unpaired) electrons. The predicted molar refractivity (Wildman–Crippen MR) is 101 cm³/mol. The highest BCUT2D eigenvalue weighted by atomic mass is 32.1. The summed E-state index contributed by atoms with van der Waals surface area (Å²) in [5.41, 5.74) is 0.934. The summed E-state index contributed by atoms with van der Waals surface area (Å²) in [4.78, 5) is 31.0. The van der Waals surface area contributed by atoms with E-state index in [1.165, 1.54) is 11.3 Å². The van der Waals surface area contributed by atoms with E-state index in [1.807, 2.05) is 54.6 Å². The van der Waals surface area contributed by atoms with Crippen LogP contribution in [0.15, 0.2) is 60.7 Å². The molecular weight excluding hydrogens is 373 g/mol. The molecule has 1 aromatic heterocycles. The maximum atomic E-state index is 12.6. The second-order valence-corrected chi connectivity index (χ2v) is 8.12. The number of hydrogen-bond donors (Lipinski definition) is 3. The molecule has 2 aromatic carbocycles. The minimum atomic E-state index is -4.61. The summed E-state index contributed by atoms with van der Waals surface area (Å²) in [6, 6.07) is 18.3. The minimum Gasteiger partial charge on any atom is -0.346 e. The normalized spacial score (nSPS) is 12.8. The van der Waals surface area contributed by atoms with Gasteiger partial charge in [0.05, 0.1) is 17.5 Å². The van der Waals surface area contributed by atoms with Crippen LogP contribution in [0, 0.1) is 0 Å². The molecule has 0 spiro atoms. The molecule has 1 heterocycles. The molecule has 0 saturated carbocycles. The average Bonchev–Trinajstić information content (AvgIpc) is 3.04. The zero-order chi connectivity index (χ0) is 18.6. The fraction of sp³-hybridized carbons (Fsp3) is 0.167. The van der Waals surface area contributed by atoms with Crippen LogP contribution >= 0.6 is 19.2 Å². The van der Waals surface area contributed by atoms with Gasteiger partial charge in [-0.1, -0.05) is 48.5 Å². The Morgan fingerprint density at radius 1 is 1.12 bits per heavy atom. The van der Waals surface area contributed by atoms with Crippen LogP contribution in [0.25, 0.3) is 10.1 Å². The maximum absolute atomic E-state index is 12.6. The molecule has 0 bridgehead atoms. The van der Waals surface area contributed by atoms with E-state index in [4.69, 9.17) is 9.79 Å². The van der Waals surface area contributed by atoms with Gasteiger partial charge in [0.15, 0.2) is 0 Å². The van der Waals surface area contributed by atoms with Crippen molar-refractivity contribution in [3.63, 3.8) is 0 Å². The van der Waals surface area contributed by atoms with E-state index in [0.717, 1.165) is 15.6 Å². The lowest BCUT2D eigenvalue weighted by Gasteiger charge is -2.19. The molecular formula is C18H18NO5PS. The van der Waals surface area contributed by atoms with Crippen molar-refractivity contribution in [2.24, 2.45) is 0 Å². The molecule has 3 aromatic rings. The Hall–Kier alpha value is -2.02. The first-order valence-corrected chi connectivity index (χ1v) is 10.3. The third kappa shape index (κ3) is 5.24. The van der Waals surface area contributed by atoms with Crippen molar-refractivity contribution in [1.82, 2.24) is 5.32 Å². The van der Waals surface area contributed by atoms with Crippen molar-refractivity contribution in [3.05, 3.63) is 71.1 Å². The van der Waals surface area contributed by atoms with E-state index in [-0.39, 0.29) is 12.5 Å². The first kappa shape index (κ1) is 18.8. The van der Waals surface area contributed by atoms with Crippen molar-refractivity contribution in [3.8, 4) is 0 Å². The highest BCUT2D eigenvalue weighted by Crippen LogP contribution is 2.36. The second-order valence-electron chi connectivity index (χ2n) is 5.79. The van der Waals surface area contributed by atoms with Crippen molar-refractivity contribution >= 4 is 35.2 Å². The molecule has 0 unspecified atom stereocenters. The molecule has 1 amide bonds. The van der Waals surface area contributed by atoms with Crippen molar-refractivity contribution in [2.75, 3.05) is 6.61 Å². The first-order valence-electron chi connectivity index (χ1n) is 7.94. The van der Waals surface area contributed by atoms with Crippen LogP contribution in [0.3, 0.4) is 0 Å². The van der Waals surface area contributed by atoms with E-state index in [1.54, 1.807) is 6.07 Å². The molecule has 136 valence electrons. The van der Waals surface area contributed by atoms with Crippen molar-refractivity contribution < 1.29 is 23.7 Å². The standard InChI is InChI=1S/C18H18NO5PS/c20-18(17-11-14-8-4-5-9-16(14)26-17)19-15(12-24-25(21,22)23)10-13-6-2-1-3-7-13/h1-9,11,15H,10,12H2,(H,19,20)(H2,21,22,23)/t15-/m1/s1. The number of phosphoric acid groups is 1. The van der Waals surface area contributed by atoms with E-state index in [0.29, 0.717) is 11.3 Å². The van der Waals surface area contributed by atoms with Gasteiger partial charge in [0.2, 0.25) is 0 Å². The molecule has 0 saturated heterocycles. The van der Waals surface area contributed by atoms with E-state index in [2.05, 4.69) is 9.84 Å². The van der Waals surface area contributed by atoms with Crippen LogP contribution in [0.4, 0.5) is 0 Å². The Morgan fingerprint density at radius 2 is 1.81 bits per heavy atom. The number of thiophene rings is 1. The van der Waals surface area contributed by atoms with Crippen LogP contribution in [-0.2, 0) is 15.5 Å². The second kappa shape index (κ2) is 8.12. The van der Waals surface area contributed by atoms with Crippen LogP contribution < -0.4 is 5.32 Å². The number of carbonyl (C=O) groups excluding carboxylic acids is 1. The number of hydrogen-bond acceptors (Lipinski definition) is 4. The summed E-state index contributed by atoms with van der Waals surface area (Å²) in [6.45, 7) is -0.282. The smallest absolute Gasteiger partial charge is 0.346 e. The van der Waals surface area contributed by atoms with E-state index < -0.39 is 13.9 Å². The van der Waals surface area contributed by atoms with Crippen molar-refractivity contribution in [1.29, 1.82) is 0 Å². The van der Waals surface area contributed by atoms with Gasteiger partial charge in [0.25, 0.3) is 5.91 Å². The number of phosphoric ester groups is 1. The molecule has 26 heavy (non-hydrogen) atoms. The lowest BCUT2D eigenvalue weighted by molar-refractivity contribution is 0.0913. The number of benzene rings is 2. The first-order chi connectivity index (χ1) is 12.4. The molecule has 3 rings (SSSR count). The van der Waals surface area contributed by atoms with Gasteiger partial charge in [-0.2, -0.15) is 0 Å². The topological polar surface area (TPSA) is 95.9 Å². The van der Waals surface area contributed by atoms with E-state index in [9.17, 15) is 9.36 Å². The van der Waals surface area contributed by atoms with Crippen molar-refractivity contribution in [2.45, 2.75) is 12.5 Å². The third-order valence-corrected chi connectivity index (χ3v) is 5.35. The zero-order valence-electron chi connectivity index (χ0n) is 13.7. The molecule has 0 fully saturated rings. The van der Waals surface area contributed by atoms with Crippen LogP contribution in [-0.4, -0.2) is 28.3 Å². The molecule has 0 aliphatic heterocycles. The SMILES string of the molecule is O=C(N[C@@H](COP(=O)(O)O)Cc1ccccc1)c1cc2ccccc2s1. The Kier molecular flexibility index (Phi) is 5.86. The number of nitrogens with one attached hydrogen (secondary N) is 1. The highest BCUT2D eigenvalue weighted by Gasteiger charge is 2.21. The average molecular weight is 391 g/mol. The van der Waals surface area contributed by atoms with Gasteiger partial charge in [-0.3, -0.25) is 9.32 Å². The molecule has 0 aliphatic carbocycles. The quantitative estimate of drug-likeness (QED) is 0.537. The lowest BCUT2D eigenvalue weighted by Crippen LogP contribution is -2.39. The predicted octanol–water partition coefficient (Wildman–Crippen LogP) is 3.35. The number of rotatable bonds is 7. The molecule has 6 nitrogen and oxygen atoms in total. The highest BCUT2D eigenvalue weighted by molar-refractivity contribution is 7.46. The molecule has 3 N–H and O–H groups in total. The van der Waals surface area contributed by atoms with Crippen LogP contribution in [0.2, 0.25) is 0 Å². The monoisotopic (exact) mass is 391 g/mol. The fourth-order valence-corrected chi connectivity index (χ4v) is 3.93. The van der Waals surface area contributed by atoms with Gasteiger partial charge in [-0.05, 0) is 29.5 Å². The summed E-state index contributed by atoms with van der Waals surface area (Å²) in [6.07, 6.45) is 0.400. The summed E-state index contributed by atoms with van der Waals surface area (Å²) in [5.74, 6) is -0.290. The number of carbonyl (C=O) groups is 1. The molecule has 8 heteroatoms. The Labute approximate surface area is 154 Å². The van der Waals surface area contributed by atoms with Gasteiger partial charge in [-0.25, -0.2) is 4.57 Å². The largest absolute Gasteiger partial charge is 0.469 e. The van der Waals surface area contributed by atoms with Gasteiger partial charge >= 0.3 is 7.82 Å². The summed E-state index contributed by atoms with van der Waals surface area (Å²) in [5, 5.41) is 3.80. The van der Waals surface area contributed by atoms with Gasteiger partial charge in [0.1, 0.15) is 0 Å². The lowest BCUT2D eigenvalue weighted by atomic mass is 10.1. The van der Waals surface area contributed by atoms with E-state index >= 15 is 0 Å². The summed E-state index contributed by atoms with van der Waals surface area (Å²) >= 11 is 1.37. The minimum absolute atomic E-state index is 0.282. The number of fused-ring (bicyclic) bond motifs is 1. The molecule has 0 aliphatic rings. The Bertz CT molecular complexity index is 904. The van der Waals surface area contributed by atoms with Gasteiger partial charge in [0, 0.05) is 4.70 Å². The van der Waals surface area contributed by atoms with Gasteiger partial charge in [-0.15, -0.1) is 11.3 Å². The van der Waals surface area contributed by atoms with Gasteiger partial charge < -0.3 is 15.1 Å². The zero-order valence-corrected chi connectivity index (χ0v) is 15.5. The maximum Gasteiger partial charge on any atom is 0.469 e. The Balaban J connectivity index is 1.74. The third-order valence-electron chi connectivity index (χ3n) is 3.75.